The number of halogens is 2. The molecule has 24 heavy (non-hydrogen) atoms. The van der Waals surface area contributed by atoms with E-state index in [1.54, 1.807) is 4.90 Å². The van der Waals surface area contributed by atoms with E-state index in [-0.39, 0.29) is 24.2 Å². The van der Waals surface area contributed by atoms with Gasteiger partial charge in [0.15, 0.2) is 0 Å². The second kappa shape index (κ2) is 7.99. The molecule has 1 saturated heterocycles. The third-order valence-electron chi connectivity index (χ3n) is 4.27. The van der Waals surface area contributed by atoms with E-state index in [2.05, 4.69) is 5.32 Å². The minimum atomic E-state index is -0.719. The number of hydrogen-bond acceptors (Lipinski definition) is 3. The highest BCUT2D eigenvalue weighted by Gasteiger charge is 2.27. The fraction of sp³-hybridized carbons (Fsp3) is 0.471. The number of likely N-dealkylation sites (tertiary alicyclic amines) is 1. The van der Waals surface area contributed by atoms with Gasteiger partial charge in [0, 0.05) is 38.4 Å². The van der Waals surface area contributed by atoms with E-state index in [0.29, 0.717) is 31.5 Å². The molecule has 0 spiro atoms. The van der Waals surface area contributed by atoms with Crippen molar-refractivity contribution in [3.63, 3.8) is 0 Å². The molecule has 1 fully saturated rings. The van der Waals surface area contributed by atoms with Crippen LogP contribution < -0.4 is 5.32 Å². The summed E-state index contributed by atoms with van der Waals surface area (Å²) in [5.74, 6) is -1.90. The maximum atomic E-state index is 13.4. The Labute approximate surface area is 139 Å². The van der Waals surface area contributed by atoms with Crippen LogP contribution in [0.1, 0.15) is 37.8 Å². The van der Waals surface area contributed by atoms with Crippen LogP contribution in [0.4, 0.5) is 8.78 Å². The number of nitrogens with zero attached hydrogens (tertiary/aromatic N) is 1. The normalized spacial score (nSPS) is 16.5. The molecule has 0 aliphatic carbocycles. The first-order chi connectivity index (χ1) is 11.4. The molecule has 0 bridgehead atoms. The van der Waals surface area contributed by atoms with E-state index < -0.39 is 17.7 Å². The zero-order valence-electron chi connectivity index (χ0n) is 13.5. The summed E-state index contributed by atoms with van der Waals surface area (Å²) in [6.07, 6.45) is 2.37. The molecule has 7 heteroatoms. The Morgan fingerprint density at radius 2 is 1.88 bits per heavy atom. The lowest BCUT2D eigenvalue weighted by Crippen LogP contribution is -2.43. The van der Waals surface area contributed by atoms with Gasteiger partial charge in [-0.25, -0.2) is 8.78 Å². The molecule has 130 valence electrons. The molecule has 1 aromatic carbocycles. The summed E-state index contributed by atoms with van der Waals surface area (Å²) >= 11 is 0. The Balaban J connectivity index is 2.03. The van der Waals surface area contributed by atoms with Crippen LogP contribution >= 0.6 is 0 Å². The summed E-state index contributed by atoms with van der Waals surface area (Å²) < 4.78 is 26.8. The number of carbonyl (C=O) groups is 2. The summed E-state index contributed by atoms with van der Waals surface area (Å²) in [6.45, 7) is 2.55. The van der Waals surface area contributed by atoms with Crippen LogP contribution in [0.25, 0.3) is 0 Å². The molecule has 0 unspecified atom stereocenters. The third kappa shape index (κ3) is 4.59. The van der Waals surface area contributed by atoms with E-state index >= 15 is 0 Å². The molecule has 2 rings (SSSR count). The van der Waals surface area contributed by atoms with E-state index in [4.69, 9.17) is 5.41 Å². The standard InChI is InChI=1S/C17H21F2N3O2/c1-11(23)22-6-3-12(4-7-22)17(24)21-16(2-5-20)13-8-14(18)10-15(19)9-13/h5,8-10,12,16,20H,2-4,6-7H2,1H3,(H,21,24)/t16-/m0/s1. The average Bonchev–Trinajstić information content (AvgIpc) is 2.53. The number of nitrogens with one attached hydrogen (secondary N) is 2. The molecule has 1 aliphatic heterocycles. The Morgan fingerprint density at radius 3 is 2.38 bits per heavy atom. The van der Waals surface area contributed by atoms with Gasteiger partial charge in [0.1, 0.15) is 11.6 Å². The summed E-state index contributed by atoms with van der Waals surface area (Å²) in [6, 6.07) is 2.45. The van der Waals surface area contributed by atoms with Gasteiger partial charge < -0.3 is 15.6 Å². The monoisotopic (exact) mass is 337 g/mol. The molecular weight excluding hydrogens is 316 g/mol. The summed E-state index contributed by atoms with van der Waals surface area (Å²) in [5.41, 5.74) is 0.297. The van der Waals surface area contributed by atoms with Crippen molar-refractivity contribution in [1.82, 2.24) is 10.2 Å². The Morgan fingerprint density at radius 1 is 1.29 bits per heavy atom. The maximum Gasteiger partial charge on any atom is 0.223 e. The van der Waals surface area contributed by atoms with Gasteiger partial charge >= 0.3 is 0 Å². The van der Waals surface area contributed by atoms with E-state index in [9.17, 15) is 18.4 Å². The minimum absolute atomic E-state index is 0.00854. The van der Waals surface area contributed by atoms with Crippen LogP contribution in [0.3, 0.4) is 0 Å². The van der Waals surface area contributed by atoms with Gasteiger partial charge in [-0.1, -0.05) is 0 Å². The summed E-state index contributed by atoms with van der Waals surface area (Å²) in [5, 5.41) is 10.0. The van der Waals surface area contributed by atoms with Crippen LogP contribution in [0.2, 0.25) is 0 Å². The quantitative estimate of drug-likeness (QED) is 0.810. The van der Waals surface area contributed by atoms with Crippen molar-refractivity contribution in [3.8, 4) is 0 Å². The van der Waals surface area contributed by atoms with Gasteiger partial charge in [-0.3, -0.25) is 9.59 Å². The number of benzene rings is 1. The number of hydrogen-bond donors (Lipinski definition) is 2. The van der Waals surface area contributed by atoms with Gasteiger partial charge in [-0.15, -0.1) is 0 Å². The molecule has 1 aliphatic rings. The molecule has 0 radical (unpaired) electrons. The van der Waals surface area contributed by atoms with Crippen LogP contribution in [0, 0.1) is 23.0 Å². The van der Waals surface area contributed by atoms with Gasteiger partial charge in [0.05, 0.1) is 6.04 Å². The molecule has 1 aromatic rings. The molecule has 1 heterocycles. The SMILES string of the molecule is CC(=O)N1CCC(C(=O)N[C@@H](CC=N)c2cc(F)cc(F)c2)CC1. The van der Waals surface area contributed by atoms with Crippen molar-refractivity contribution >= 4 is 18.0 Å². The van der Waals surface area contributed by atoms with Crippen molar-refractivity contribution in [2.45, 2.75) is 32.2 Å². The molecule has 2 amide bonds. The number of amides is 2. The molecule has 1 atom stereocenters. The molecule has 0 aromatic heterocycles. The summed E-state index contributed by atoms with van der Waals surface area (Å²) in [4.78, 5) is 25.4. The van der Waals surface area contributed by atoms with Crippen molar-refractivity contribution < 1.29 is 18.4 Å². The maximum absolute atomic E-state index is 13.4. The minimum Gasteiger partial charge on any atom is -0.349 e. The highest BCUT2D eigenvalue weighted by atomic mass is 19.1. The van der Waals surface area contributed by atoms with Crippen LogP contribution in [-0.4, -0.2) is 36.0 Å². The largest absolute Gasteiger partial charge is 0.349 e. The van der Waals surface area contributed by atoms with Crippen molar-refractivity contribution in [2.75, 3.05) is 13.1 Å². The molecule has 2 N–H and O–H groups in total. The predicted molar refractivity (Wildman–Crippen MR) is 85.6 cm³/mol. The Hall–Kier alpha value is -2.31. The first-order valence-corrected chi connectivity index (χ1v) is 7.91. The Kier molecular flexibility index (Phi) is 6.00. The molecule has 0 saturated carbocycles. The van der Waals surface area contributed by atoms with Crippen LogP contribution in [0.5, 0.6) is 0 Å². The summed E-state index contributed by atoms with van der Waals surface area (Å²) in [7, 11) is 0. The second-order valence-electron chi connectivity index (χ2n) is 5.98. The lowest BCUT2D eigenvalue weighted by Gasteiger charge is -2.31. The zero-order chi connectivity index (χ0) is 17.7. The Bertz CT molecular complexity index is 608. The van der Waals surface area contributed by atoms with E-state index in [0.717, 1.165) is 24.4 Å². The lowest BCUT2D eigenvalue weighted by atomic mass is 9.94. The topological polar surface area (TPSA) is 73.3 Å². The molecular formula is C17H21F2N3O2. The average molecular weight is 337 g/mol. The van der Waals surface area contributed by atoms with Gasteiger partial charge in [-0.2, -0.15) is 0 Å². The lowest BCUT2D eigenvalue weighted by molar-refractivity contribution is -0.134. The zero-order valence-corrected chi connectivity index (χ0v) is 13.5. The van der Waals surface area contributed by atoms with E-state index in [1.807, 2.05) is 0 Å². The fourth-order valence-corrected chi connectivity index (χ4v) is 2.92. The van der Waals surface area contributed by atoms with Crippen LogP contribution in [0.15, 0.2) is 18.2 Å². The van der Waals surface area contributed by atoms with Gasteiger partial charge in [-0.05, 0) is 36.8 Å². The first kappa shape index (κ1) is 18.0. The van der Waals surface area contributed by atoms with E-state index in [1.165, 1.54) is 6.92 Å². The fourth-order valence-electron chi connectivity index (χ4n) is 2.92. The smallest absolute Gasteiger partial charge is 0.223 e. The third-order valence-corrected chi connectivity index (χ3v) is 4.27. The van der Waals surface area contributed by atoms with Crippen molar-refractivity contribution in [2.24, 2.45) is 5.92 Å². The van der Waals surface area contributed by atoms with Gasteiger partial charge in [0.25, 0.3) is 0 Å². The number of piperidine rings is 1. The van der Waals surface area contributed by atoms with Crippen molar-refractivity contribution in [1.29, 1.82) is 5.41 Å². The first-order valence-electron chi connectivity index (χ1n) is 7.91. The van der Waals surface area contributed by atoms with Crippen LogP contribution in [-0.2, 0) is 9.59 Å². The van der Waals surface area contributed by atoms with Crippen molar-refractivity contribution in [3.05, 3.63) is 35.4 Å². The second-order valence-corrected chi connectivity index (χ2v) is 5.98. The highest BCUT2D eigenvalue weighted by molar-refractivity contribution is 5.80. The molecule has 5 nitrogen and oxygen atoms in total. The number of carbonyl (C=O) groups excluding carboxylic acids is 2. The highest BCUT2D eigenvalue weighted by Crippen LogP contribution is 2.22. The number of rotatable bonds is 5. The van der Waals surface area contributed by atoms with Gasteiger partial charge in [0.2, 0.25) is 11.8 Å². The predicted octanol–water partition coefficient (Wildman–Crippen LogP) is 2.42.